The predicted molar refractivity (Wildman–Crippen MR) is 113 cm³/mol. The molecule has 2 aromatic carbocycles. The van der Waals surface area contributed by atoms with E-state index in [1.54, 1.807) is 48.5 Å². The Morgan fingerprint density at radius 1 is 1.04 bits per heavy atom. The number of nitrogens with zero attached hydrogens (tertiary/aromatic N) is 2. The summed E-state index contributed by atoms with van der Waals surface area (Å²) in [4.78, 5) is 18.8. The molecule has 0 spiro atoms. The van der Waals surface area contributed by atoms with Crippen molar-refractivity contribution in [1.82, 2.24) is 9.88 Å². The third kappa shape index (κ3) is 3.21. The van der Waals surface area contributed by atoms with Gasteiger partial charge in [-0.05, 0) is 36.4 Å². The number of amides is 1. The number of aromatic nitrogens is 1. The Hall–Kier alpha value is -1.63. The van der Waals surface area contributed by atoms with Gasteiger partial charge in [0.15, 0.2) is 5.72 Å². The minimum absolute atomic E-state index is 0.0672. The van der Waals surface area contributed by atoms with Crippen LogP contribution in [0.2, 0.25) is 15.1 Å². The van der Waals surface area contributed by atoms with E-state index < -0.39 is 5.72 Å². The van der Waals surface area contributed by atoms with Crippen molar-refractivity contribution < 1.29 is 9.90 Å². The summed E-state index contributed by atoms with van der Waals surface area (Å²) in [6, 6.07) is 13.3. The summed E-state index contributed by atoms with van der Waals surface area (Å²) < 4.78 is 0.648. The number of pyridine rings is 1. The molecule has 1 atom stereocenters. The van der Waals surface area contributed by atoms with Gasteiger partial charge in [-0.1, -0.05) is 62.9 Å². The Bertz CT molecular complexity index is 1070. The quantitative estimate of drug-likeness (QED) is 0.508. The van der Waals surface area contributed by atoms with E-state index in [4.69, 9.17) is 34.8 Å². The Labute approximate surface area is 184 Å². The van der Waals surface area contributed by atoms with Crippen LogP contribution >= 0.6 is 50.7 Å². The highest BCUT2D eigenvalue weighted by atomic mass is 79.9. The van der Waals surface area contributed by atoms with Gasteiger partial charge < -0.3 is 5.11 Å². The van der Waals surface area contributed by atoms with Crippen molar-refractivity contribution in [3.8, 4) is 0 Å². The highest BCUT2D eigenvalue weighted by molar-refractivity contribution is 9.10. The van der Waals surface area contributed by atoms with Crippen molar-refractivity contribution in [3.05, 3.63) is 96.7 Å². The van der Waals surface area contributed by atoms with Crippen LogP contribution in [0.1, 0.15) is 27.2 Å². The standard InChI is InChI=1S/C20H12BrCl3N2O2/c21-12-7-16-18(17(24)8-12)20(28,11-1-3-13(22)4-2-11)26(19(16)27)10-15-6-5-14(23)9-25-15/h1-9,28H,10H2. The second-order valence-corrected chi connectivity index (χ2v) is 8.54. The first-order chi connectivity index (χ1) is 13.3. The molecule has 1 aromatic heterocycles. The fourth-order valence-electron chi connectivity index (χ4n) is 3.35. The number of hydrogen-bond acceptors (Lipinski definition) is 3. The van der Waals surface area contributed by atoms with Gasteiger partial charge in [0.05, 0.1) is 27.8 Å². The first-order valence-electron chi connectivity index (χ1n) is 8.21. The van der Waals surface area contributed by atoms with E-state index in [1.807, 2.05) is 0 Å². The molecule has 0 bridgehead atoms. The van der Waals surface area contributed by atoms with Crippen molar-refractivity contribution in [2.75, 3.05) is 0 Å². The summed E-state index contributed by atoms with van der Waals surface area (Å²) >= 11 is 21.7. The zero-order valence-electron chi connectivity index (χ0n) is 14.2. The average Bonchev–Trinajstić information content (AvgIpc) is 2.86. The van der Waals surface area contributed by atoms with Crippen molar-refractivity contribution >= 4 is 56.6 Å². The normalized spacial score (nSPS) is 18.5. The van der Waals surface area contributed by atoms with Crippen LogP contribution in [0.4, 0.5) is 0 Å². The Balaban J connectivity index is 1.90. The summed E-state index contributed by atoms with van der Waals surface area (Å²) in [7, 11) is 0. The van der Waals surface area contributed by atoms with Gasteiger partial charge in [0.1, 0.15) is 0 Å². The van der Waals surface area contributed by atoms with Crippen molar-refractivity contribution in [3.63, 3.8) is 0 Å². The van der Waals surface area contributed by atoms with Crippen LogP contribution in [-0.2, 0) is 12.3 Å². The lowest BCUT2D eigenvalue weighted by atomic mass is 9.93. The van der Waals surface area contributed by atoms with Gasteiger partial charge >= 0.3 is 0 Å². The molecule has 0 radical (unpaired) electrons. The molecular weight excluding hydrogens is 486 g/mol. The number of rotatable bonds is 3. The number of carbonyl (C=O) groups is 1. The largest absolute Gasteiger partial charge is 0.363 e. The molecule has 2 heterocycles. The smallest absolute Gasteiger partial charge is 0.257 e. The summed E-state index contributed by atoms with van der Waals surface area (Å²) in [5.41, 5.74) is -0.0596. The molecular formula is C20H12BrCl3N2O2. The second kappa shape index (κ2) is 7.32. The lowest BCUT2D eigenvalue weighted by Gasteiger charge is -2.35. The molecule has 0 aliphatic carbocycles. The molecule has 1 N–H and O–H groups in total. The second-order valence-electron chi connectivity index (χ2n) is 6.35. The van der Waals surface area contributed by atoms with E-state index >= 15 is 0 Å². The minimum Gasteiger partial charge on any atom is -0.363 e. The van der Waals surface area contributed by atoms with Gasteiger partial charge in [-0.25, -0.2) is 0 Å². The van der Waals surface area contributed by atoms with E-state index in [0.717, 1.165) is 0 Å². The van der Waals surface area contributed by atoms with Crippen LogP contribution in [-0.4, -0.2) is 20.9 Å². The molecule has 142 valence electrons. The maximum Gasteiger partial charge on any atom is 0.257 e. The molecule has 3 aromatic rings. The van der Waals surface area contributed by atoms with E-state index in [0.29, 0.717) is 36.9 Å². The lowest BCUT2D eigenvalue weighted by Crippen LogP contribution is -2.44. The summed E-state index contributed by atoms with van der Waals surface area (Å²) in [6.45, 7) is 0.0672. The van der Waals surface area contributed by atoms with Gasteiger partial charge in [0.25, 0.3) is 5.91 Å². The molecule has 8 heteroatoms. The molecule has 1 amide bonds. The van der Waals surface area contributed by atoms with Gasteiger partial charge in [0.2, 0.25) is 0 Å². The van der Waals surface area contributed by atoms with Crippen molar-refractivity contribution in [2.24, 2.45) is 0 Å². The van der Waals surface area contributed by atoms with E-state index in [1.165, 1.54) is 11.1 Å². The van der Waals surface area contributed by atoms with Crippen LogP contribution in [0.15, 0.2) is 59.2 Å². The maximum atomic E-state index is 13.2. The van der Waals surface area contributed by atoms with Crippen LogP contribution in [0, 0.1) is 0 Å². The Kier molecular flexibility index (Phi) is 5.14. The van der Waals surface area contributed by atoms with E-state index in [2.05, 4.69) is 20.9 Å². The molecule has 4 nitrogen and oxygen atoms in total. The molecule has 4 rings (SSSR count). The number of aliphatic hydroxyl groups is 1. The average molecular weight is 499 g/mol. The first kappa shape index (κ1) is 19.7. The SMILES string of the molecule is O=C1c2cc(Br)cc(Cl)c2C(O)(c2ccc(Cl)cc2)N1Cc1ccc(Cl)cn1. The predicted octanol–water partition coefficient (Wildman–Crippen LogP) is 5.65. The fourth-order valence-corrected chi connectivity index (χ4v) is 4.53. The Morgan fingerprint density at radius 2 is 1.71 bits per heavy atom. The molecule has 0 saturated heterocycles. The van der Waals surface area contributed by atoms with Crippen LogP contribution in [0.5, 0.6) is 0 Å². The molecule has 0 saturated carbocycles. The summed E-state index contributed by atoms with van der Waals surface area (Å²) in [6.07, 6.45) is 1.50. The van der Waals surface area contributed by atoms with Gasteiger partial charge in [-0.15, -0.1) is 0 Å². The number of halogens is 4. The molecule has 1 aliphatic rings. The fraction of sp³-hybridized carbons (Fsp3) is 0.100. The zero-order chi connectivity index (χ0) is 20.1. The molecule has 28 heavy (non-hydrogen) atoms. The van der Waals surface area contributed by atoms with Gasteiger partial charge in [-0.2, -0.15) is 0 Å². The van der Waals surface area contributed by atoms with E-state index in [9.17, 15) is 9.90 Å². The number of carbonyl (C=O) groups excluding carboxylic acids is 1. The third-order valence-electron chi connectivity index (χ3n) is 4.63. The topological polar surface area (TPSA) is 53.4 Å². The number of benzene rings is 2. The zero-order valence-corrected chi connectivity index (χ0v) is 18.0. The van der Waals surface area contributed by atoms with E-state index in [-0.39, 0.29) is 17.5 Å². The molecule has 1 unspecified atom stereocenters. The van der Waals surface area contributed by atoms with Crippen LogP contribution in [0.3, 0.4) is 0 Å². The highest BCUT2D eigenvalue weighted by Gasteiger charge is 2.51. The van der Waals surface area contributed by atoms with Crippen LogP contribution in [0.25, 0.3) is 0 Å². The first-order valence-corrected chi connectivity index (χ1v) is 10.1. The summed E-state index contributed by atoms with van der Waals surface area (Å²) in [5, 5.41) is 13.1. The van der Waals surface area contributed by atoms with Crippen molar-refractivity contribution in [1.29, 1.82) is 0 Å². The van der Waals surface area contributed by atoms with Gasteiger partial charge in [-0.3, -0.25) is 14.7 Å². The van der Waals surface area contributed by atoms with Crippen LogP contribution < -0.4 is 0 Å². The molecule has 0 fully saturated rings. The summed E-state index contributed by atoms with van der Waals surface area (Å²) in [5.74, 6) is -0.354. The lowest BCUT2D eigenvalue weighted by molar-refractivity contribution is -0.0547. The third-order valence-corrected chi connectivity index (χ3v) is 5.86. The van der Waals surface area contributed by atoms with Crippen molar-refractivity contribution in [2.45, 2.75) is 12.3 Å². The highest BCUT2D eigenvalue weighted by Crippen LogP contribution is 2.47. The minimum atomic E-state index is -1.77. The number of hydrogen-bond donors (Lipinski definition) is 1. The van der Waals surface area contributed by atoms with Gasteiger partial charge in [0, 0.05) is 26.8 Å². The monoisotopic (exact) mass is 496 g/mol. The number of fused-ring (bicyclic) bond motifs is 1. The Morgan fingerprint density at radius 3 is 2.36 bits per heavy atom. The molecule has 1 aliphatic heterocycles. The maximum absolute atomic E-state index is 13.2.